The third-order valence-electron chi connectivity index (χ3n) is 10.5. The minimum absolute atomic E-state index is 0.211. The maximum Gasteiger partial charge on any atom is 0.223 e. The second kappa shape index (κ2) is 14.6. The number of benzene rings is 1. The number of aliphatic hydroxyl groups excluding tert-OH is 1. The SMILES string of the molecule is O=C(CCN1CCCCC1)N1CCC(CC(O)N2CCC([C@H]3c4ncc(Br)cc4CCc4cc(Cl)cc(Br)c43)CC2)CC1. The molecule has 2 atom stereocenters. The molecule has 0 radical (unpaired) electrons. The Morgan fingerprint density at radius 1 is 0.953 bits per heavy atom. The lowest BCUT2D eigenvalue weighted by Gasteiger charge is -2.40. The number of aromatic nitrogens is 1. The topological polar surface area (TPSA) is 59.9 Å². The number of pyridine rings is 1. The number of likely N-dealkylation sites (tertiary alicyclic amines) is 3. The van der Waals surface area contributed by atoms with E-state index in [1.807, 2.05) is 12.3 Å². The summed E-state index contributed by atoms with van der Waals surface area (Å²) in [6, 6.07) is 6.41. The second-order valence-electron chi connectivity index (χ2n) is 13.2. The number of aliphatic hydroxyl groups is 1. The Kier molecular flexibility index (Phi) is 10.8. The molecule has 1 aromatic carbocycles. The van der Waals surface area contributed by atoms with E-state index in [0.29, 0.717) is 24.2 Å². The van der Waals surface area contributed by atoms with Gasteiger partial charge in [0.15, 0.2) is 0 Å². The Morgan fingerprint density at radius 2 is 1.67 bits per heavy atom. The van der Waals surface area contributed by atoms with E-state index in [1.165, 1.54) is 41.6 Å². The molecule has 1 amide bonds. The monoisotopic (exact) mass is 734 g/mol. The van der Waals surface area contributed by atoms with Gasteiger partial charge in [-0.25, -0.2) is 0 Å². The van der Waals surface area contributed by atoms with Crippen LogP contribution in [0.25, 0.3) is 0 Å². The molecule has 2 aromatic rings. The number of hydrogen-bond acceptors (Lipinski definition) is 5. The van der Waals surface area contributed by atoms with Crippen LogP contribution < -0.4 is 0 Å². The van der Waals surface area contributed by atoms with Gasteiger partial charge in [-0.3, -0.25) is 14.7 Å². The van der Waals surface area contributed by atoms with Crippen LogP contribution in [0.1, 0.15) is 86.1 Å². The summed E-state index contributed by atoms with van der Waals surface area (Å²) in [5, 5.41) is 12.1. The average Bonchev–Trinajstić information content (AvgIpc) is 3.17. The lowest BCUT2D eigenvalue weighted by Crippen LogP contribution is -2.45. The Bertz CT molecular complexity index is 1270. The maximum absolute atomic E-state index is 12.8. The van der Waals surface area contributed by atoms with E-state index in [9.17, 15) is 9.90 Å². The van der Waals surface area contributed by atoms with Crippen LogP contribution in [0.3, 0.4) is 0 Å². The zero-order chi connectivity index (χ0) is 29.9. The second-order valence-corrected chi connectivity index (χ2v) is 15.4. The standard InChI is InChI=1S/C34H45Br2ClN4O2/c35-27-19-26-5-4-25-20-28(37)21-29(36)32(25)33(34(26)38-22-27)24-8-16-41(17-9-24)31(43)18-23-6-14-40(15-7-23)30(42)10-13-39-11-2-1-3-12-39/h19-24,31,33,43H,1-18H2/t31?,33-/m1/s1. The molecule has 3 aliphatic heterocycles. The van der Waals surface area contributed by atoms with Gasteiger partial charge < -0.3 is 14.9 Å². The summed E-state index contributed by atoms with van der Waals surface area (Å²) >= 11 is 14.0. The van der Waals surface area contributed by atoms with E-state index in [0.717, 1.165) is 105 Å². The van der Waals surface area contributed by atoms with Gasteiger partial charge in [0.2, 0.25) is 5.91 Å². The number of fused-ring (bicyclic) bond motifs is 2. The number of halogens is 3. The van der Waals surface area contributed by atoms with Crippen LogP contribution >= 0.6 is 43.5 Å². The zero-order valence-electron chi connectivity index (χ0n) is 25.1. The first-order valence-electron chi connectivity index (χ1n) is 16.4. The van der Waals surface area contributed by atoms with Crippen molar-refractivity contribution in [2.75, 3.05) is 45.8 Å². The highest BCUT2D eigenvalue weighted by molar-refractivity contribution is 9.10. The van der Waals surface area contributed by atoms with E-state index in [2.05, 4.69) is 58.7 Å². The Balaban J connectivity index is 1.03. The third-order valence-corrected chi connectivity index (χ3v) is 11.8. The molecule has 1 aromatic heterocycles. The van der Waals surface area contributed by atoms with Crippen molar-refractivity contribution in [3.05, 3.63) is 60.7 Å². The first-order chi connectivity index (χ1) is 20.9. The average molecular weight is 737 g/mol. The zero-order valence-corrected chi connectivity index (χ0v) is 29.1. The van der Waals surface area contributed by atoms with Crippen LogP contribution in [0.15, 0.2) is 33.3 Å². The van der Waals surface area contributed by atoms with E-state index in [-0.39, 0.29) is 5.92 Å². The van der Waals surface area contributed by atoms with Crippen molar-refractivity contribution in [3.8, 4) is 0 Å². The van der Waals surface area contributed by atoms with Gasteiger partial charge >= 0.3 is 0 Å². The summed E-state index contributed by atoms with van der Waals surface area (Å²) in [5.74, 6) is 1.44. The van der Waals surface area contributed by atoms with Crippen molar-refractivity contribution in [1.82, 2.24) is 19.7 Å². The number of carbonyl (C=O) groups excluding carboxylic acids is 1. The summed E-state index contributed by atoms with van der Waals surface area (Å²) in [7, 11) is 0. The molecule has 6 rings (SSSR count). The van der Waals surface area contributed by atoms with E-state index in [1.54, 1.807) is 0 Å². The molecule has 9 heteroatoms. The normalized spacial score (nSPS) is 23.4. The quantitative estimate of drug-likeness (QED) is 0.331. The summed E-state index contributed by atoms with van der Waals surface area (Å²) in [5.41, 5.74) is 5.17. The number of piperidine rings is 3. The molecule has 0 bridgehead atoms. The molecule has 0 spiro atoms. The molecule has 3 saturated heterocycles. The highest BCUT2D eigenvalue weighted by Crippen LogP contribution is 2.46. The van der Waals surface area contributed by atoms with Gasteiger partial charge in [-0.15, -0.1) is 0 Å². The summed E-state index contributed by atoms with van der Waals surface area (Å²) in [6.45, 7) is 6.65. The summed E-state index contributed by atoms with van der Waals surface area (Å²) in [4.78, 5) is 24.6. The highest BCUT2D eigenvalue weighted by Gasteiger charge is 2.37. The Hall–Kier alpha value is -1.03. The van der Waals surface area contributed by atoms with Crippen molar-refractivity contribution in [3.63, 3.8) is 0 Å². The van der Waals surface area contributed by atoms with Crippen molar-refractivity contribution in [1.29, 1.82) is 0 Å². The number of hydrogen-bond donors (Lipinski definition) is 1. The molecule has 1 N–H and O–H groups in total. The maximum atomic E-state index is 12.8. The predicted molar refractivity (Wildman–Crippen MR) is 179 cm³/mol. The van der Waals surface area contributed by atoms with E-state index < -0.39 is 6.23 Å². The molecular formula is C34H45Br2ClN4O2. The van der Waals surface area contributed by atoms with Crippen LogP contribution in [-0.4, -0.2) is 82.7 Å². The molecule has 1 aliphatic carbocycles. The predicted octanol–water partition coefficient (Wildman–Crippen LogP) is 7.03. The minimum Gasteiger partial charge on any atom is -0.378 e. The first kappa shape index (κ1) is 31.9. The summed E-state index contributed by atoms with van der Waals surface area (Å²) in [6.07, 6.45) is 12.8. The molecule has 1 unspecified atom stereocenters. The number of nitrogens with zero attached hydrogens (tertiary/aromatic N) is 4. The largest absolute Gasteiger partial charge is 0.378 e. The first-order valence-corrected chi connectivity index (χ1v) is 18.4. The van der Waals surface area contributed by atoms with E-state index >= 15 is 0 Å². The fourth-order valence-electron chi connectivity index (χ4n) is 8.04. The smallest absolute Gasteiger partial charge is 0.223 e. The molecule has 4 heterocycles. The molecular weight excluding hydrogens is 692 g/mol. The number of aryl methyl sites for hydroxylation is 2. The van der Waals surface area contributed by atoms with Crippen molar-refractivity contribution >= 4 is 49.4 Å². The van der Waals surface area contributed by atoms with Gasteiger partial charge in [0.25, 0.3) is 0 Å². The van der Waals surface area contributed by atoms with Crippen molar-refractivity contribution < 1.29 is 9.90 Å². The molecule has 6 nitrogen and oxygen atoms in total. The third kappa shape index (κ3) is 7.69. The van der Waals surface area contributed by atoms with Crippen LogP contribution in [0.4, 0.5) is 0 Å². The molecule has 234 valence electrons. The summed E-state index contributed by atoms with van der Waals surface area (Å²) < 4.78 is 2.11. The lowest BCUT2D eigenvalue weighted by molar-refractivity contribution is -0.133. The Morgan fingerprint density at radius 3 is 2.42 bits per heavy atom. The molecule has 43 heavy (non-hydrogen) atoms. The van der Waals surface area contributed by atoms with Crippen molar-refractivity contribution in [2.45, 2.75) is 82.8 Å². The van der Waals surface area contributed by atoms with Crippen LogP contribution in [0.2, 0.25) is 5.02 Å². The molecule has 4 aliphatic rings. The highest BCUT2D eigenvalue weighted by atomic mass is 79.9. The molecule has 0 saturated carbocycles. The van der Waals surface area contributed by atoms with Gasteiger partial charge in [-0.2, -0.15) is 0 Å². The minimum atomic E-state index is -0.416. The van der Waals surface area contributed by atoms with Crippen LogP contribution in [0.5, 0.6) is 0 Å². The van der Waals surface area contributed by atoms with Gasteiger partial charge in [0, 0.05) is 65.2 Å². The van der Waals surface area contributed by atoms with Gasteiger partial charge in [-0.1, -0.05) is 34.0 Å². The van der Waals surface area contributed by atoms with Gasteiger partial charge in [-0.05, 0) is 134 Å². The van der Waals surface area contributed by atoms with Gasteiger partial charge in [0.1, 0.15) is 6.23 Å². The number of rotatable bonds is 7. The fraction of sp³-hybridized carbons (Fsp3) is 0.647. The lowest BCUT2D eigenvalue weighted by atomic mass is 9.76. The van der Waals surface area contributed by atoms with E-state index in [4.69, 9.17) is 16.6 Å². The van der Waals surface area contributed by atoms with Crippen molar-refractivity contribution in [2.24, 2.45) is 11.8 Å². The Labute approximate surface area is 278 Å². The van der Waals surface area contributed by atoms with Crippen LogP contribution in [0, 0.1) is 11.8 Å². The fourth-order valence-corrected chi connectivity index (χ4v) is 9.54. The number of amides is 1. The molecule has 3 fully saturated rings. The number of carbonyl (C=O) groups is 1. The van der Waals surface area contributed by atoms with Gasteiger partial charge in [0.05, 0.1) is 5.69 Å². The van der Waals surface area contributed by atoms with Crippen LogP contribution in [-0.2, 0) is 17.6 Å².